The molecule has 0 aromatic carbocycles. The highest BCUT2D eigenvalue weighted by Crippen LogP contribution is 2.36. The predicted octanol–water partition coefficient (Wildman–Crippen LogP) is 1.54. The van der Waals surface area contributed by atoms with Crippen LogP contribution in [0.25, 0.3) is 0 Å². The van der Waals surface area contributed by atoms with Gasteiger partial charge in [-0.15, -0.1) is 0 Å². The zero-order chi connectivity index (χ0) is 14.5. The van der Waals surface area contributed by atoms with E-state index in [1.54, 1.807) is 6.08 Å². The highest BCUT2D eigenvalue weighted by atomic mass is 16.3. The Morgan fingerprint density at radius 3 is 2.85 bits per heavy atom. The molecule has 1 heterocycles. The van der Waals surface area contributed by atoms with Gasteiger partial charge < -0.3 is 15.5 Å². The predicted molar refractivity (Wildman–Crippen MR) is 78.0 cm³/mol. The van der Waals surface area contributed by atoms with Gasteiger partial charge in [-0.05, 0) is 50.9 Å². The lowest BCUT2D eigenvalue weighted by Gasteiger charge is -2.19. The number of aliphatic hydroxyl groups excluding tert-OH is 2. The number of allylic oxidation sites excluding steroid dienone is 2. The van der Waals surface area contributed by atoms with E-state index in [-0.39, 0.29) is 29.9 Å². The average Bonchev–Trinajstić information content (AvgIpc) is 2.76. The van der Waals surface area contributed by atoms with Crippen molar-refractivity contribution in [2.24, 2.45) is 11.8 Å². The second-order valence-electron chi connectivity index (χ2n) is 6.07. The molecule has 1 aliphatic heterocycles. The molecule has 0 aromatic rings. The molecule has 4 nitrogen and oxygen atoms in total. The lowest BCUT2D eigenvalue weighted by molar-refractivity contribution is -0.117. The summed E-state index contributed by atoms with van der Waals surface area (Å²) >= 11 is 0. The fourth-order valence-electron chi connectivity index (χ4n) is 3.19. The van der Waals surface area contributed by atoms with Crippen LogP contribution in [0.5, 0.6) is 0 Å². The van der Waals surface area contributed by atoms with Crippen LogP contribution >= 0.6 is 0 Å². The summed E-state index contributed by atoms with van der Waals surface area (Å²) in [5.41, 5.74) is 0. The average molecular weight is 279 g/mol. The molecule has 0 radical (unpaired) electrons. The smallest absolute Gasteiger partial charge is 0.243 e. The minimum absolute atomic E-state index is 0.00322. The van der Waals surface area contributed by atoms with Gasteiger partial charge in [0, 0.05) is 12.1 Å². The zero-order valence-electron chi connectivity index (χ0n) is 12.0. The summed E-state index contributed by atoms with van der Waals surface area (Å²) in [7, 11) is 0. The molecule has 112 valence electrons. The van der Waals surface area contributed by atoms with Gasteiger partial charge in [0.05, 0.1) is 12.2 Å². The van der Waals surface area contributed by atoms with Crippen molar-refractivity contribution < 1.29 is 15.0 Å². The fourth-order valence-corrected chi connectivity index (χ4v) is 3.19. The SMILES string of the molecule is C[C@H]1CCC/C=C/C2CC(O)C[C@H]2C(O)/C=C/C(=O)N1. The molecule has 1 fully saturated rings. The first-order valence-corrected chi connectivity index (χ1v) is 7.57. The number of amides is 1. The van der Waals surface area contributed by atoms with E-state index >= 15 is 0 Å². The Balaban J connectivity index is 2.11. The van der Waals surface area contributed by atoms with E-state index in [1.807, 2.05) is 6.92 Å². The molecular weight excluding hydrogens is 254 g/mol. The van der Waals surface area contributed by atoms with Gasteiger partial charge in [0.15, 0.2) is 0 Å². The van der Waals surface area contributed by atoms with Crippen molar-refractivity contribution in [1.29, 1.82) is 0 Å². The number of nitrogens with one attached hydrogen (secondary N) is 1. The normalized spacial score (nSPS) is 42.5. The molecule has 0 aromatic heterocycles. The van der Waals surface area contributed by atoms with Gasteiger partial charge in [-0.25, -0.2) is 0 Å². The van der Waals surface area contributed by atoms with Gasteiger partial charge in [-0.1, -0.05) is 18.2 Å². The minimum Gasteiger partial charge on any atom is -0.393 e. The summed E-state index contributed by atoms with van der Waals surface area (Å²) in [6.45, 7) is 2.00. The fraction of sp³-hybridized carbons (Fsp3) is 0.688. The molecule has 5 atom stereocenters. The Morgan fingerprint density at radius 2 is 2.05 bits per heavy atom. The first-order chi connectivity index (χ1) is 9.56. The van der Waals surface area contributed by atoms with Crippen molar-refractivity contribution in [3.63, 3.8) is 0 Å². The Morgan fingerprint density at radius 1 is 1.25 bits per heavy atom. The third kappa shape index (κ3) is 4.18. The Hall–Kier alpha value is -1.13. The highest BCUT2D eigenvalue weighted by Gasteiger charge is 2.35. The van der Waals surface area contributed by atoms with E-state index in [2.05, 4.69) is 17.5 Å². The summed E-state index contributed by atoms with van der Waals surface area (Å²) in [5, 5.41) is 22.9. The first kappa shape index (κ1) is 15.3. The monoisotopic (exact) mass is 279 g/mol. The van der Waals surface area contributed by atoms with Crippen molar-refractivity contribution >= 4 is 5.91 Å². The van der Waals surface area contributed by atoms with Crippen LogP contribution in [0.2, 0.25) is 0 Å². The van der Waals surface area contributed by atoms with Gasteiger partial charge >= 0.3 is 0 Å². The summed E-state index contributed by atoms with van der Waals surface area (Å²) in [6.07, 6.45) is 10.5. The first-order valence-electron chi connectivity index (χ1n) is 7.57. The Labute approximate surface area is 120 Å². The van der Waals surface area contributed by atoms with Crippen molar-refractivity contribution in [3.8, 4) is 0 Å². The summed E-state index contributed by atoms with van der Waals surface area (Å²) in [6, 6.07) is 0.153. The molecular formula is C16H25NO3. The van der Waals surface area contributed by atoms with E-state index in [4.69, 9.17) is 0 Å². The van der Waals surface area contributed by atoms with E-state index in [0.29, 0.717) is 12.8 Å². The summed E-state index contributed by atoms with van der Waals surface area (Å²) in [4.78, 5) is 11.7. The van der Waals surface area contributed by atoms with Crippen LogP contribution in [0, 0.1) is 11.8 Å². The number of carbonyl (C=O) groups is 1. The zero-order valence-corrected chi connectivity index (χ0v) is 12.0. The molecule has 0 saturated heterocycles. The topological polar surface area (TPSA) is 69.6 Å². The van der Waals surface area contributed by atoms with Crippen molar-refractivity contribution in [2.75, 3.05) is 0 Å². The number of hydrogen-bond donors (Lipinski definition) is 3. The van der Waals surface area contributed by atoms with Crippen LogP contribution in [-0.4, -0.2) is 34.4 Å². The number of aliphatic hydroxyl groups is 2. The molecule has 0 bridgehead atoms. The van der Waals surface area contributed by atoms with E-state index in [0.717, 1.165) is 19.3 Å². The van der Waals surface area contributed by atoms with Crippen molar-refractivity contribution in [2.45, 2.75) is 57.3 Å². The van der Waals surface area contributed by atoms with E-state index in [1.165, 1.54) is 6.08 Å². The molecule has 20 heavy (non-hydrogen) atoms. The maximum atomic E-state index is 11.7. The summed E-state index contributed by atoms with van der Waals surface area (Å²) in [5.74, 6) is 0.0493. The third-order valence-corrected chi connectivity index (χ3v) is 4.30. The number of carbonyl (C=O) groups excluding carboxylic acids is 1. The molecule has 3 unspecified atom stereocenters. The maximum absolute atomic E-state index is 11.7. The maximum Gasteiger partial charge on any atom is 0.243 e. The number of rotatable bonds is 0. The lowest BCUT2D eigenvalue weighted by Crippen LogP contribution is -2.31. The number of hydrogen-bond acceptors (Lipinski definition) is 3. The van der Waals surface area contributed by atoms with Crippen LogP contribution in [-0.2, 0) is 4.79 Å². The molecule has 1 aliphatic carbocycles. The molecule has 0 spiro atoms. The van der Waals surface area contributed by atoms with Gasteiger partial charge in [-0.2, -0.15) is 0 Å². The van der Waals surface area contributed by atoms with Crippen LogP contribution < -0.4 is 5.32 Å². The second kappa shape index (κ2) is 7.04. The van der Waals surface area contributed by atoms with Crippen LogP contribution in [0.1, 0.15) is 39.0 Å². The van der Waals surface area contributed by atoms with E-state index in [9.17, 15) is 15.0 Å². The molecule has 1 saturated carbocycles. The van der Waals surface area contributed by atoms with Gasteiger partial charge in [0.25, 0.3) is 0 Å². The highest BCUT2D eigenvalue weighted by molar-refractivity contribution is 5.87. The standard InChI is InChI=1S/C16H25NO3/c1-11-5-3-2-4-6-12-9-13(18)10-14(12)15(19)7-8-16(20)17-11/h4,6-8,11-15,18-19H,2-3,5,9-10H2,1H3,(H,17,20)/b6-4+,8-7+/t11-,12?,13?,14+,15?/m0/s1. The molecule has 3 N–H and O–H groups in total. The van der Waals surface area contributed by atoms with Gasteiger partial charge in [0.2, 0.25) is 5.91 Å². The third-order valence-electron chi connectivity index (χ3n) is 4.30. The molecule has 4 heteroatoms. The largest absolute Gasteiger partial charge is 0.393 e. The van der Waals surface area contributed by atoms with Gasteiger partial charge in [-0.3, -0.25) is 4.79 Å². The van der Waals surface area contributed by atoms with Crippen LogP contribution in [0.15, 0.2) is 24.3 Å². The van der Waals surface area contributed by atoms with Crippen molar-refractivity contribution in [3.05, 3.63) is 24.3 Å². The van der Waals surface area contributed by atoms with E-state index < -0.39 is 6.10 Å². The quantitative estimate of drug-likeness (QED) is 0.589. The Bertz CT molecular complexity index is 391. The Kier molecular flexibility index (Phi) is 5.38. The molecule has 2 rings (SSSR count). The second-order valence-corrected chi connectivity index (χ2v) is 6.07. The summed E-state index contributed by atoms with van der Waals surface area (Å²) < 4.78 is 0. The molecule has 2 aliphatic rings. The van der Waals surface area contributed by atoms with Gasteiger partial charge in [0.1, 0.15) is 0 Å². The molecule has 1 amide bonds. The lowest BCUT2D eigenvalue weighted by atomic mass is 9.90. The number of fused-ring (bicyclic) bond motifs is 1. The minimum atomic E-state index is -0.677. The van der Waals surface area contributed by atoms with Crippen LogP contribution in [0.4, 0.5) is 0 Å². The van der Waals surface area contributed by atoms with Crippen molar-refractivity contribution in [1.82, 2.24) is 5.32 Å². The van der Waals surface area contributed by atoms with Crippen LogP contribution in [0.3, 0.4) is 0 Å².